The van der Waals surface area contributed by atoms with Crippen LogP contribution in [0.1, 0.15) is 49.2 Å². The van der Waals surface area contributed by atoms with E-state index in [0.29, 0.717) is 11.1 Å². The highest BCUT2D eigenvalue weighted by atomic mass is 16.8. The molecule has 42 heavy (non-hydrogen) atoms. The Morgan fingerprint density at radius 2 is 1.10 bits per heavy atom. The van der Waals surface area contributed by atoms with Crippen molar-refractivity contribution < 1.29 is 38.0 Å². The van der Waals surface area contributed by atoms with Gasteiger partial charge in [-0.15, -0.1) is 0 Å². The van der Waals surface area contributed by atoms with E-state index in [4.69, 9.17) is 28.4 Å². The number of hydrogen-bond donors (Lipinski definition) is 0. The van der Waals surface area contributed by atoms with E-state index in [0.717, 1.165) is 11.1 Å². The lowest BCUT2D eigenvalue weighted by molar-refractivity contribution is -0.175. The molecule has 5 rings (SSSR count). The minimum atomic E-state index is -0.967. The van der Waals surface area contributed by atoms with Gasteiger partial charge >= 0.3 is 11.9 Å². The molecule has 8 nitrogen and oxygen atoms in total. The summed E-state index contributed by atoms with van der Waals surface area (Å²) in [6.07, 6.45) is -0.798. The predicted octanol–water partition coefficient (Wildman–Crippen LogP) is 5.67. The highest BCUT2D eigenvalue weighted by Gasteiger charge is 2.54. The van der Waals surface area contributed by atoms with Gasteiger partial charge in [0.1, 0.15) is 37.6 Å². The molecule has 220 valence electrons. The van der Waals surface area contributed by atoms with E-state index in [1.807, 2.05) is 66.7 Å². The van der Waals surface area contributed by atoms with Crippen LogP contribution in [0.25, 0.3) is 11.6 Å². The summed E-state index contributed by atoms with van der Waals surface area (Å²) in [5.41, 5.74) is 2.47. The van der Waals surface area contributed by atoms with Crippen LogP contribution in [0.5, 0.6) is 0 Å². The van der Waals surface area contributed by atoms with Crippen LogP contribution in [0.15, 0.2) is 91.0 Å². The number of carbonyl (C=O) groups excluding carboxylic acids is 2. The first-order chi connectivity index (χ1) is 20.1. The van der Waals surface area contributed by atoms with Crippen molar-refractivity contribution in [2.75, 3.05) is 13.2 Å². The molecule has 2 fully saturated rings. The Hall–Kier alpha value is -3.82. The van der Waals surface area contributed by atoms with Gasteiger partial charge in [-0.25, -0.2) is 9.59 Å². The molecule has 0 radical (unpaired) electrons. The average molecular weight is 573 g/mol. The molecule has 2 heterocycles. The Labute approximate surface area is 246 Å². The molecule has 0 N–H and O–H groups in total. The lowest BCUT2D eigenvalue weighted by Crippen LogP contribution is -2.45. The minimum Gasteiger partial charge on any atom is -0.459 e. The first-order valence-corrected chi connectivity index (χ1v) is 14.0. The average Bonchev–Trinajstić information content (AvgIpc) is 3.48. The standard InChI is InChI=1S/C34H36O8/c1-33(2)39-27(21-37-31(35)25-18-12-7-13-19-25)29(41-33)30-28(40-34(3,4)42-30)22-38-32(36)26(24-16-10-6-11-17-24)20-23-14-8-5-9-15-23/h5-20,27-30H,21-22H2,1-4H3/b26-20+/t27-,28+,29+,30-/m1/s1. The third-order valence-corrected chi connectivity index (χ3v) is 6.95. The van der Waals surface area contributed by atoms with Crippen molar-refractivity contribution in [3.8, 4) is 0 Å². The molecule has 4 atom stereocenters. The first-order valence-electron chi connectivity index (χ1n) is 14.0. The van der Waals surface area contributed by atoms with E-state index in [-0.39, 0.29) is 13.2 Å². The Morgan fingerprint density at radius 1 is 0.643 bits per heavy atom. The first kappa shape index (κ1) is 29.7. The highest BCUT2D eigenvalue weighted by molar-refractivity contribution is 6.21. The Kier molecular flexibility index (Phi) is 8.89. The highest BCUT2D eigenvalue weighted by Crippen LogP contribution is 2.39. The molecule has 0 saturated carbocycles. The molecule has 0 amide bonds. The van der Waals surface area contributed by atoms with Gasteiger partial charge in [-0.1, -0.05) is 78.9 Å². The summed E-state index contributed by atoms with van der Waals surface area (Å²) in [5, 5.41) is 0. The van der Waals surface area contributed by atoms with Crippen LogP contribution >= 0.6 is 0 Å². The van der Waals surface area contributed by atoms with Gasteiger partial charge in [-0.2, -0.15) is 0 Å². The van der Waals surface area contributed by atoms with Crippen LogP contribution in [-0.2, 0) is 33.2 Å². The Bertz CT molecular complexity index is 1380. The van der Waals surface area contributed by atoms with Gasteiger partial charge in [0.15, 0.2) is 11.6 Å². The molecular weight excluding hydrogens is 536 g/mol. The summed E-state index contributed by atoms with van der Waals surface area (Å²) in [4.78, 5) is 26.1. The molecule has 0 unspecified atom stereocenters. The molecule has 0 spiro atoms. The zero-order chi connectivity index (χ0) is 29.7. The van der Waals surface area contributed by atoms with Crippen molar-refractivity contribution in [2.24, 2.45) is 0 Å². The van der Waals surface area contributed by atoms with Crippen molar-refractivity contribution >= 4 is 23.6 Å². The third kappa shape index (κ3) is 7.33. The fourth-order valence-electron chi connectivity index (χ4n) is 5.19. The molecule has 0 aromatic heterocycles. The molecular formula is C34H36O8. The smallest absolute Gasteiger partial charge is 0.338 e. The van der Waals surface area contributed by atoms with Crippen molar-refractivity contribution in [1.29, 1.82) is 0 Å². The SMILES string of the molecule is CC1(C)O[C@@H]([C@H]2OC(C)(C)O[C@@H]2COC(=O)c2ccccc2)[C@H](COC(=O)/C(=C/c2ccccc2)c2ccccc2)O1. The maximum Gasteiger partial charge on any atom is 0.338 e. The van der Waals surface area contributed by atoms with Gasteiger partial charge in [0, 0.05) is 0 Å². The summed E-state index contributed by atoms with van der Waals surface area (Å²) >= 11 is 0. The van der Waals surface area contributed by atoms with Crippen LogP contribution in [0, 0.1) is 0 Å². The van der Waals surface area contributed by atoms with E-state index in [9.17, 15) is 9.59 Å². The quantitative estimate of drug-likeness (QED) is 0.184. The summed E-state index contributed by atoms with van der Waals surface area (Å²) in [5.74, 6) is -2.87. The van der Waals surface area contributed by atoms with Crippen molar-refractivity contribution in [3.05, 3.63) is 108 Å². The minimum absolute atomic E-state index is 0.0490. The topological polar surface area (TPSA) is 89.5 Å². The lowest BCUT2D eigenvalue weighted by Gasteiger charge is -2.26. The van der Waals surface area contributed by atoms with E-state index in [2.05, 4.69) is 0 Å². The molecule has 3 aromatic rings. The summed E-state index contributed by atoms with van der Waals surface area (Å²) in [6.45, 7) is 7.02. The number of rotatable bonds is 9. The van der Waals surface area contributed by atoms with Crippen LogP contribution in [-0.4, -0.2) is 61.1 Å². The Morgan fingerprint density at radius 3 is 1.62 bits per heavy atom. The largest absolute Gasteiger partial charge is 0.459 e. The lowest BCUT2D eigenvalue weighted by atomic mass is 10.0. The zero-order valence-corrected chi connectivity index (χ0v) is 24.2. The van der Waals surface area contributed by atoms with E-state index < -0.39 is 47.9 Å². The van der Waals surface area contributed by atoms with Crippen LogP contribution in [0.4, 0.5) is 0 Å². The van der Waals surface area contributed by atoms with Crippen LogP contribution in [0.3, 0.4) is 0 Å². The van der Waals surface area contributed by atoms with Gasteiger partial charge in [-0.05, 0) is 57.0 Å². The maximum absolute atomic E-state index is 13.5. The second-order valence-corrected chi connectivity index (χ2v) is 11.2. The van der Waals surface area contributed by atoms with E-state index in [1.165, 1.54) is 0 Å². The number of benzene rings is 3. The predicted molar refractivity (Wildman–Crippen MR) is 156 cm³/mol. The van der Waals surface area contributed by atoms with E-state index >= 15 is 0 Å². The van der Waals surface area contributed by atoms with Crippen molar-refractivity contribution in [1.82, 2.24) is 0 Å². The molecule has 0 bridgehead atoms. The monoisotopic (exact) mass is 572 g/mol. The fourth-order valence-corrected chi connectivity index (χ4v) is 5.19. The molecule has 2 aliphatic rings. The number of esters is 2. The maximum atomic E-state index is 13.5. The van der Waals surface area contributed by atoms with Gasteiger partial charge < -0.3 is 28.4 Å². The molecule has 3 aromatic carbocycles. The summed E-state index contributed by atoms with van der Waals surface area (Å²) < 4.78 is 36.2. The number of hydrogen-bond acceptors (Lipinski definition) is 8. The van der Waals surface area contributed by atoms with Crippen molar-refractivity contribution in [2.45, 2.75) is 63.7 Å². The van der Waals surface area contributed by atoms with E-state index in [1.54, 1.807) is 58.0 Å². The molecule has 0 aliphatic carbocycles. The van der Waals surface area contributed by atoms with Crippen LogP contribution in [0.2, 0.25) is 0 Å². The molecule has 8 heteroatoms. The third-order valence-electron chi connectivity index (χ3n) is 6.95. The van der Waals surface area contributed by atoms with Crippen molar-refractivity contribution in [3.63, 3.8) is 0 Å². The molecule has 2 aliphatic heterocycles. The second-order valence-electron chi connectivity index (χ2n) is 11.2. The van der Waals surface area contributed by atoms with Crippen LogP contribution < -0.4 is 0 Å². The van der Waals surface area contributed by atoms with Gasteiger partial charge in [0.25, 0.3) is 0 Å². The van der Waals surface area contributed by atoms with Gasteiger partial charge in [-0.3, -0.25) is 0 Å². The zero-order valence-electron chi connectivity index (χ0n) is 24.2. The summed E-state index contributed by atoms with van der Waals surface area (Å²) in [7, 11) is 0. The second kappa shape index (κ2) is 12.6. The summed E-state index contributed by atoms with van der Waals surface area (Å²) in [6, 6.07) is 27.7. The van der Waals surface area contributed by atoms with Gasteiger partial charge in [0.2, 0.25) is 0 Å². The Balaban J connectivity index is 1.31. The normalized spacial score (nSPS) is 24.7. The molecule has 2 saturated heterocycles. The fraction of sp³-hybridized carbons (Fsp3) is 0.353. The van der Waals surface area contributed by atoms with Gasteiger partial charge in [0.05, 0.1) is 11.1 Å². The number of ether oxygens (including phenoxy) is 6. The number of carbonyl (C=O) groups is 2.